The minimum atomic E-state index is -0.0989. The van der Waals surface area contributed by atoms with Gasteiger partial charge in [-0.3, -0.25) is 4.79 Å². The third kappa shape index (κ3) is 3.35. The van der Waals surface area contributed by atoms with Crippen LogP contribution < -0.4 is 10.2 Å². The molecule has 19 heavy (non-hydrogen) atoms. The molecule has 102 valence electrons. The summed E-state index contributed by atoms with van der Waals surface area (Å²) in [5, 5.41) is 17.9. The molecule has 0 aliphatic rings. The monoisotopic (exact) mass is 265 g/mol. The lowest BCUT2D eigenvalue weighted by molar-refractivity contribution is -0.119. The third-order valence-electron chi connectivity index (χ3n) is 2.46. The number of methoxy groups -OCH3 is 1. The van der Waals surface area contributed by atoms with Gasteiger partial charge in [-0.25, -0.2) is 0 Å². The van der Waals surface area contributed by atoms with Gasteiger partial charge in [-0.15, -0.1) is 14.8 Å². The largest absolute Gasteiger partial charge is 0.383 e. The predicted octanol–water partition coefficient (Wildman–Crippen LogP) is -1.28. The minimum absolute atomic E-state index is 0.0989. The molecule has 2 aromatic heterocycles. The number of nitrogens with zero attached hydrogens (tertiary/aromatic N) is 6. The van der Waals surface area contributed by atoms with Gasteiger partial charge in [0, 0.05) is 20.7 Å². The summed E-state index contributed by atoms with van der Waals surface area (Å²) >= 11 is 0. The number of carbonyl (C=O) groups excluding carboxylic acids is 1. The maximum Gasteiger partial charge on any atom is 0.239 e. The average molecular weight is 265 g/mol. The fraction of sp³-hybridized carbons (Fsp3) is 0.500. The fourth-order valence-corrected chi connectivity index (χ4v) is 1.49. The molecular weight excluding hydrogens is 250 g/mol. The van der Waals surface area contributed by atoms with Gasteiger partial charge in [0.05, 0.1) is 13.2 Å². The molecular formula is C10H15N7O2. The van der Waals surface area contributed by atoms with Gasteiger partial charge in [0.15, 0.2) is 11.5 Å². The van der Waals surface area contributed by atoms with Crippen LogP contribution in [0.5, 0.6) is 0 Å². The number of tetrazole rings is 1. The molecule has 1 N–H and O–H groups in total. The van der Waals surface area contributed by atoms with Crippen LogP contribution in [0.1, 0.15) is 0 Å². The van der Waals surface area contributed by atoms with Gasteiger partial charge in [0.2, 0.25) is 5.91 Å². The number of ether oxygens (including phenoxy) is 1. The smallest absolute Gasteiger partial charge is 0.239 e. The van der Waals surface area contributed by atoms with E-state index >= 15 is 0 Å². The standard InChI is InChI=1S/C10H15N7O2/c1-16(7-10(18)11-5-6-19-2)9-4-3-8-12-14-15-17(8)13-9/h3-4H,5-7H2,1-2H3,(H,11,18). The maximum atomic E-state index is 11.6. The van der Waals surface area contributed by atoms with E-state index in [9.17, 15) is 4.79 Å². The van der Waals surface area contributed by atoms with Crippen LogP contribution >= 0.6 is 0 Å². The van der Waals surface area contributed by atoms with Crippen LogP contribution in [0, 0.1) is 0 Å². The zero-order valence-corrected chi connectivity index (χ0v) is 10.8. The van der Waals surface area contributed by atoms with Crippen molar-refractivity contribution < 1.29 is 9.53 Å². The molecule has 0 saturated carbocycles. The van der Waals surface area contributed by atoms with E-state index in [-0.39, 0.29) is 12.5 Å². The van der Waals surface area contributed by atoms with Crippen molar-refractivity contribution in [2.24, 2.45) is 0 Å². The van der Waals surface area contributed by atoms with Gasteiger partial charge in [0.25, 0.3) is 0 Å². The summed E-state index contributed by atoms with van der Waals surface area (Å²) in [5.74, 6) is 0.514. The lowest BCUT2D eigenvalue weighted by Crippen LogP contribution is -2.37. The zero-order chi connectivity index (χ0) is 13.7. The van der Waals surface area contributed by atoms with Crippen molar-refractivity contribution in [3.8, 4) is 0 Å². The van der Waals surface area contributed by atoms with Crippen LogP contribution in [0.3, 0.4) is 0 Å². The van der Waals surface area contributed by atoms with Crippen molar-refractivity contribution in [3.05, 3.63) is 12.1 Å². The van der Waals surface area contributed by atoms with Crippen molar-refractivity contribution in [1.29, 1.82) is 0 Å². The van der Waals surface area contributed by atoms with Gasteiger partial charge in [-0.1, -0.05) is 0 Å². The van der Waals surface area contributed by atoms with Crippen molar-refractivity contribution in [2.75, 3.05) is 38.8 Å². The number of fused-ring (bicyclic) bond motifs is 1. The average Bonchev–Trinajstić information content (AvgIpc) is 2.86. The molecule has 0 fully saturated rings. The summed E-state index contributed by atoms with van der Waals surface area (Å²) in [7, 11) is 3.36. The van der Waals surface area contributed by atoms with Crippen LogP contribution in [0.25, 0.3) is 5.65 Å². The van der Waals surface area contributed by atoms with Gasteiger partial charge >= 0.3 is 0 Å². The summed E-state index contributed by atoms with van der Waals surface area (Å²) in [4.78, 5) is 13.3. The van der Waals surface area contributed by atoms with Crippen LogP contribution in [0.4, 0.5) is 5.82 Å². The highest BCUT2D eigenvalue weighted by Crippen LogP contribution is 2.07. The predicted molar refractivity (Wildman–Crippen MR) is 66.7 cm³/mol. The molecule has 0 radical (unpaired) electrons. The molecule has 0 atom stereocenters. The Morgan fingerprint density at radius 1 is 1.53 bits per heavy atom. The van der Waals surface area contributed by atoms with Crippen LogP contribution in [-0.2, 0) is 9.53 Å². The molecule has 9 heteroatoms. The molecule has 0 aliphatic carbocycles. The first-order valence-corrected chi connectivity index (χ1v) is 5.73. The summed E-state index contributed by atoms with van der Waals surface area (Å²) in [6.45, 7) is 1.18. The fourth-order valence-electron chi connectivity index (χ4n) is 1.49. The normalized spacial score (nSPS) is 10.6. The van der Waals surface area contributed by atoms with E-state index in [1.165, 1.54) is 4.63 Å². The summed E-state index contributed by atoms with van der Waals surface area (Å²) < 4.78 is 6.17. The highest BCUT2D eigenvalue weighted by atomic mass is 16.5. The van der Waals surface area contributed by atoms with Crippen LogP contribution in [-0.4, -0.2) is 65.0 Å². The lowest BCUT2D eigenvalue weighted by Gasteiger charge is -2.16. The molecule has 2 aromatic rings. The highest BCUT2D eigenvalue weighted by molar-refractivity contribution is 5.80. The topological polar surface area (TPSA) is 97.5 Å². The first kappa shape index (κ1) is 13.1. The Morgan fingerprint density at radius 3 is 3.16 bits per heavy atom. The number of amides is 1. The van der Waals surface area contributed by atoms with Crippen molar-refractivity contribution in [2.45, 2.75) is 0 Å². The lowest BCUT2D eigenvalue weighted by atomic mass is 10.4. The summed E-state index contributed by atoms with van der Waals surface area (Å²) in [6.07, 6.45) is 0. The Kier molecular flexibility index (Phi) is 4.18. The molecule has 0 aromatic carbocycles. The first-order chi connectivity index (χ1) is 9.20. The number of rotatable bonds is 6. The van der Waals surface area contributed by atoms with Gasteiger partial charge in [-0.05, 0) is 22.6 Å². The third-order valence-corrected chi connectivity index (χ3v) is 2.46. The van der Waals surface area contributed by atoms with Gasteiger partial charge in [-0.2, -0.15) is 0 Å². The van der Waals surface area contributed by atoms with Gasteiger partial charge in [0.1, 0.15) is 0 Å². The molecule has 0 bridgehead atoms. The Hall–Kier alpha value is -2.29. The second kappa shape index (κ2) is 6.05. The first-order valence-electron chi connectivity index (χ1n) is 5.73. The molecule has 2 heterocycles. The highest BCUT2D eigenvalue weighted by Gasteiger charge is 2.09. The molecule has 1 amide bonds. The second-order valence-corrected chi connectivity index (χ2v) is 3.92. The SMILES string of the molecule is COCCNC(=O)CN(C)c1ccc2nnnn2n1. The number of likely N-dealkylation sites (N-methyl/N-ethyl adjacent to an activating group) is 1. The Balaban J connectivity index is 1.94. The Labute approximate surface area is 109 Å². The van der Waals surface area contributed by atoms with E-state index in [4.69, 9.17) is 4.74 Å². The minimum Gasteiger partial charge on any atom is -0.383 e. The molecule has 9 nitrogen and oxygen atoms in total. The number of nitrogens with one attached hydrogen (secondary N) is 1. The number of hydrogen-bond acceptors (Lipinski definition) is 7. The Morgan fingerprint density at radius 2 is 2.37 bits per heavy atom. The molecule has 2 rings (SSSR count). The molecule has 0 aliphatic heterocycles. The van der Waals surface area contributed by atoms with Gasteiger partial charge < -0.3 is 15.0 Å². The summed E-state index contributed by atoms with van der Waals surface area (Å²) in [5.41, 5.74) is 0.557. The zero-order valence-electron chi connectivity index (χ0n) is 10.8. The van der Waals surface area contributed by atoms with Crippen molar-refractivity contribution in [1.82, 2.24) is 30.6 Å². The van der Waals surface area contributed by atoms with Crippen molar-refractivity contribution in [3.63, 3.8) is 0 Å². The maximum absolute atomic E-state index is 11.6. The number of hydrogen-bond donors (Lipinski definition) is 1. The number of anilines is 1. The van der Waals surface area contributed by atoms with E-state index in [0.29, 0.717) is 24.6 Å². The van der Waals surface area contributed by atoms with Crippen molar-refractivity contribution >= 4 is 17.4 Å². The quantitative estimate of drug-likeness (QED) is 0.649. The molecule has 0 saturated heterocycles. The van der Waals surface area contributed by atoms with E-state index in [1.807, 2.05) is 0 Å². The van der Waals surface area contributed by atoms with E-state index in [1.54, 1.807) is 31.2 Å². The molecule has 0 spiro atoms. The summed E-state index contributed by atoms with van der Waals surface area (Å²) in [6, 6.07) is 3.50. The van der Waals surface area contributed by atoms with E-state index in [2.05, 4.69) is 25.9 Å². The number of carbonyl (C=O) groups is 1. The van der Waals surface area contributed by atoms with Crippen LogP contribution in [0.15, 0.2) is 12.1 Å². The number of aromatic nitrogens is 5. The Bertz CT molecular complexity index is 556. The van der Waals surface area contributed by atoms with Crippen LogP contribution in [0.2, 0.25) is 0 Å². The van der Waals surface area contributed by atoms with E-state index < -0.39 is 0 Å². The molecule has 0 unspecified atom stereocenters. The van der Waals surface area contributed by atoms with E-state index in [0.717, 1.165) is 0 Å². The second-order valence-electron chi connectivity index (χ2n) is 3.92.